The van der Waals surface area contributed by atoms with E-state index in [1.54, 1.807) is 0 Å². The van der Waals surface area contributed by atoms with Gasteiger partial charge in [0.1, 0.15) is 0 Å². The van der Waals surface area contributed by atoms with Crippen molar-refractivity contribution in [1.29, 1.82) is 0 Å². The molecular formula is C7H12ClNO2. The summed E-state index contributed by atoms with van der Waals surface area (Å²) in [6.07, 6.45) is 3.41. The first-order chi connectivity index (χ1) is 5.24. The van der Waals surface area contributed by atoms with E-state index in [9.17, 15) is 4.79 Å². The molecule has 1 aliphatic rings. The molecule has 1 aliphatic carbocycles. The van der Waals surface area contributed by atoms with Gasteiger partial charge in [0.15, 0.2) is 0 Å². The Balaban J connectivity index is 2.39. The lowest BCUT2D eigenvalue weighted by atomic mass is 9.86. The molecule has 0 aliphatic heterocycles. The number of hydrogen-bond donors (Lipinski definition) is 2. The molecule has 2 N–H and O–H groups in total. The summed E-state index contributed by atoms with van der Waals surface area (Å²) in [6.45, 7) is 0. The van der Waals surface area contributed by atoms with Crippen molar-refractivity contribution in [2.24, 2.45) is 5.92 Å². The Morgan fingerprint density at radius 2 is 2.27 bits per heavy atom. The fourth-order valence-electron chi connectivity index (χ4n) is 1.51. The summed E-state index contributed by atoms with van der Waals surface area (Å²) in [7, 11) is 0. The molecule has 3 nitrogen and oxygen atoms in total. The van der Waals surface area contributed by atoms with Crippen LogP contribution in [0.5, 0.6) is 0 Å². The minimum Gasteiger partial charge on any atom is -0.481 e. The molecule has 0 aromatic rings. The van der Waals surface area contributed by atoms with Gasteiger partial charge < -0.3 is 5.11 Å². The van der Waals surface area contributed by atoms with Crippen LogP contribution >= 0.6 is 11.8 Å². The number of nitrogens with one attached hydrogen (secondary N) is 1. The van der Waals surface area contributed by atoms with Gasteiger partial charge in [-0.3, -0.25) is 4.79 Å². The molecule has 0 spiro atoms. The molecule has 0 aromatic carbocycles. The normalized spacial score (nSPS) is 31.7. The Morgan fingerprint density at radius 3 is 2.82 bits per heavy atom. The van der Waals surface area contributed by atoms with Gasteiger partial charge in [0, 0.05) is 6.04 Å². The molecule has 64 valence electrons. The maximum Gasteiger partial charge on any atom is 0.306 e. The average Bonchev–Trinajstić information content (AvgIpc) is 2.05. The second kappa shape index (κ2) is 3.93. The Bertz CT molecular complexity index is 151. The monoisotopic (exact) mass is 177 g/mol. The number of aliphatic carboxylic acids is 1. The van der Waals surface area contributed by atoms with Crippen molar-refractivity contribution >= 4 is 17.7 Å². The smallest absolute Gasteiger partial charge is 0.306 e. The van der Waals surface area contributed by atoms with Gasteiger partial charge >= 0.3 is 5.97 Å². The highest BCUT2D eigenvalue weighted by molar-refractivity contribution is 6.13. The molecule has 0 saturated heterocycles. The van der Waals surface area contributed by atoms with Gasteiger partial charge in [-0.2, -0.15) is 0 Å². The first kappa shape index (κ1) is 8.81. The maximum absolute atomic E-state index is 10.5. The van der Waals surface area contributed by atoms with E-state index in [1.165, 1.54) is 0 Å². The fraction of sp³-hybridized carbons (Fsp3) is 0.857. The largest absolute Gasteiger partial charge is 0.481 e. The van der Waals surface area contributed by atoms with Crippen LogP contribution in [0.3, 0.4) is 0 Å². The van der Waals surface area contributed by atoms with Crippen molar-refractivity contribution in [3.63, 3.8) is 0 Å². The van der Waals surface area contributed by atoms with Gasteiger partial charge in [0.2, 0.25) is 0 Å². The zero-order chi connectivity index (χ0) is 8.27. The van der Waals surface area contributed by atoms with Crippen LogP contribution in [0.2, 0.25) is 0 Å². The number of hydrogen-bond acceptors (Lipinski definition) is 2. The zero-order valence-electron chi connectivity index (χ0n) is 6.22. The van der Waals surface area contributed by atoms with E-state index in [2.05, 4.69) is 4.84 Å². The van der Waals surface area contributed by atoms with Crippen LogP contribution in [0.4, 0.5) is 0 Å². The van der Waals surface area contributed by atoms with Crippen molar-refractivity contribution in [3.05, 3.63) is 0 Å². The Morgan fingerprint density at radius 1 is 1.55 bits per heavy atom. The van der Waals surface area contributed by atoms with Crippen LogP contribution in [0.15, 0.2) is 0 Å². The first-order valence-electron chi connectivity index (χ1n) is 3.83. The second-order valence-electron chi connectivity index (χ2n) is 3.01. The fourth-order valence-corrected chi connectivity index (χ4v) is 1.71. The standard InChI is InChI=1S/C7H12ClNO2/c8-9-6-3-1-2-5(4-6)7(10)11/h5-6,9H,1-4H2,(H,10,11)/t5-,6+/m0/s1. The van der Waals surface area contributed by atoms with Crippen molar-refractivity contribution < 1.29 is 9.90 Å². The molecule has 0 bridgehead atoms. The summed E-state index contributed by atoms with van der Waals surface area (Å²) in [6, 6.07) is 0.187. The summed E-state index contributed by atoms with van der Waals surface area (Å²) in [4.78, 5) is 13.1. The van der Waals surface area contributed by atoms with E-state index < -0.39 is 5.97 Å². The highest BCUT2D eigenvalue weighted by Gasteiger charge is 2.26. The molecule has 4 heteroatoms. The van der Waals surface area contributed by atoms with Gasteiger partial charge in [0.05, 0.1) is 5.92 Å². The molecular weight excluding hydrogens is 166 g/mol. The van der Waals surface area contributed by atoms with Gasteiger partial charge in [-0.05, 0) is 31.0 Å². The predicted octanol–water partition coefficient (Wildman–Crippen LogP) is 1.37. The van der Waals surface area contributed by atoms with Crippen LogP contribution in [0.1, 0.15) is 25.7 Å². The molecule has 1 fully saturated rings. The van der Waals surface area contributed by atoms with Gasteiger partial charge in [-0.25, -0.2) is 4.84 Å². The van der Waals surface area contributed by atoms with Crippen molar-refractivity contribution in [2.75, 3.05) is 0 Å². The van der Waals surface area contributed by atoms with E-state index in [-0.39, 0.29) is 12.0 Å². The molecule has 0 radical (unpaired) electrons. The lowest BCUT2D eigenvalue weighted by Gasteiger charge is -2.24. The number of carbonyl (C=O) groups is 1. The van der Waals surface area contributed by atoms with E-state index in [1.807, 2.05) is 0 Å². The lowest BCUT2D eigenvalue weighted by Crippen LogP contribution is -2.31. The summed E-state index contributed by atoms with van der Waals surface area (Å²) >= 11 is 5.41. The molecule has 1 rings (SSSR count). The third-order valence-corrected chi connectivity index (χ3v) is 2.49. The quantitative estimate of drug-likeness (QED) is 0.627. The molecule has 0 unspecified atom stereocenters. The van der Waals surface area contributed by atoms with Gasteiger partial charge in [-0.1, -0.05) is 6.42 Å². The average molecular weight is 178 g/mol. The molecule has 11 heavy (non-hydrogen) atoms. The van der Waals surface area contributed by atoms with Crippen molar-refractivity contribution in [1.82, 2.24) is 4.84 Å². The highest BCUT2D eigenvalue weighted by Crippen LogP contribution is 2.24. The number of carboxylic acids is 1. The third kappa shape index (κ3) is 2.34. The SMILES string of the molecule is O=C(O)[C@H]1CCC[C@@H](NCl)C1. The Kier molecular flexibility index (Phi) is 3.15. The number of carboxylic acid groups (broad SMARTS) is 1. The molecule has 0 amide bonds. The summed E-state index contributed by atoms with van der Waals surface area (Å²) in [5.41, 5.74) is 0. The van der Waals surface area contributed by atoms with Crippen LogP contribution in [-0.2, 0) is 4.79 Å². The van der Waals surface area contributed by atoms with Crippen LogP contribution in [0.25, 0.3) is 0 Å². The topological polar surface area (TPSA) is 49.3 Å². The summed E-state index contributed by atoms with van der Waals surface area (Å²) < 4.78 is 0. The van der Waals surface area contributed by atoms with Gasteiger partial charge in [0.25, 0.3) is 0 Å². The minimum atomic E-state index is -0.693. The van der Waals surface area contributed by atoms with E-state index in [0.717, 1.165) is 19.3 Å². The van der Waals surface area contributed by atoms with E-state index >= 15 is 0 Å². The zero-order valence-corrected chi connectivity index (χ0v) is 6.97. The molecule has 0 heterocycles. The first-order valence-corrected chi connectivity index (χ1v) is 4.21. The molecule has 0 aromatic heterocycles. The predicted molar refractivity (Wildman–Crippen MR) is 42.4 cm³/mol. The minimum absolute atomic E-state index is 0.187. The van der Waals surface area contributed by atoms with E-state index in [4.69, 9.17) is 16.9 Å². The second-order valence-corrected chi connectivity index (χ2v) is 3.23. The number of rotatable bonds is 2. The Labute approximate surface area is 70.8 Å². The highest BCUT2D eigenvalue weighted by atomic mass is 35.5. The third-order valence-electron chi connectivity index (χ3n) is 2.18. The van der Waals surface area contributed by atoms with Crippen molar-refractivity contribution in [3.8, 4) is 0 Å². The summed E-state index contributed by atoms with van der Waals surface area (Å²) in [5.74, 6) is -0.887. The van der Waals surface area contributed by atoms with Crippen LogP contribution < -0.4 is 4.84 Å². The van der Waals surface area contributed by atoms with Crippen LogP contribution in [-0.4, -0.2) is 17.1 Å². The number of halogens is 1. The van der Waals surface area contributed by atoms with Crippen molar-refractivity contribution in [2.45, 2.75) is 31.7 Å². The molecule has 1 saturated carbocycles. The molecule has 2 atom stereocenters. The Hall–Kier alpha value is -0.280. The summed E-state index contributed by atoms with van der Waals surface area (Å²) in [5, 5.41) is 8.68. The van der Waals surface area contributed by atoms with E-state index in [0.29, 0.717) is 6.42 Å². The lowest BCUT2D eigenvalue weighted by molar-refractivity contribution is -0.143. The van der Waals surface area contributed by atoms with Crippen LogP contribution in [0, 0.1) is 5.92 Å². The maximum atomic E-state index is 10.5. The van der Waals surface area contributed by atoms with Gasteiger partial charge in [-0.15, -0.1) is 0 Å².